The summed E-state index contributed by atoms with van der Waals surface area (Å²) < 4.78 is 11.9. The Labute approximate surface area is 134 Å². The highest BCUT2D eigenvalue weighted by Gasteiger charge is 2.46. The van der Waals surface area contributed by atoms with Gasteiger partial charge in [-0.2, -0.15) is 0 Å². The van der Waals surface area contributed by atoms with Gasteiger partial charge in [-0.15, -0.1) is 0 Å². The van der Waals surface area contributed by atoms with Gasteiger partial charge >= 0.3 is 0 Å². The van der Waals surface area contributed by atoms with Crippen LogP contribution in [0.15, 0.2) is 18.2 Å². The number of unbranched alkanes of at least 4 members (excludes halogenated alkanes) is 1. The summed E-state index contributed by atoms with van der Waals surface area (Å²) in [5.74, 6) is 1.44. The van der Waals surface area contributed by atoms with E-state index >= 15 is 0 Å². The van der Waals surface area contributed by atoms with Crippen molar-refractivity contribution in [3.05, 3.63) is 23.8 Å². The molecule has 22 heavy (non-hydrogen) atoms. The lowest BCUT2D eigenvalue weighted by Gasteiger charge is -2.47. The van der Waals surface area contributed by atoms with Crippen molar-refractivity contribution in [1.29, 1.82) is 0 Å². The molecule has 0 saturated heterocycles. The summed E-state index contributed by atoms with van der Waals surface area (Å²) in [5, 5.41) is 11.0. The van der Waals surface area contributed by atoms with E-state index in [1.54, 1.807) is 0 Å². The quantitative estimate of drug-likeness (QED) is 0.875. The van der Waals surface area contributed by atoms with Crippen LogP contribution in [0.25, 0.3) is 0 Å². The minimum atomic E-state index is -0.622. The third kappa shape index (κ3) is 3.23. The Bertz CT molecular complexity index is 501. The van der Waals surface area contributed by atoms with Crippen molar-refractivity contribution in [2.45, 2.75) is 58.3 Å². The van der Waals surface area contributed by atoms with Crippen LogP contribution in [0.1, 0.15) is 52.2 Å². The van der Waals surface area contributed by atoms with E-state index in [4.69, 9.17) is 9.47 Å². The molecule has 0 aromatic heterocycles. The molecule has 0 bridgehead atoms. The van der Waals surface area contributed by atoms with Crippen molar-refractivity contribution in [2.24, 2.45) is 0 Å². The molecule has 0 aliphatic carbocycles. The van der Waals surface area contributed by atoms with Crippen LogP contribution < -0.4 is 9.47 Å². The van der Waals surface area contributed by atoms with Gasteiger partial charge in [0.15, 0.2) is 0 Å². The van der Waals surface area contributed by atoms with Gasteiger partial charge in [0.05, 0.1) is 18.2 Å². The summed E-state index contributed by atoms with van der Waals surface area (Å²) >= 11 is 0. The molecule has 2 rings (SSSR count). The molecule has 1 aliphatic heterocycles. The second-order valence-corrected chi connectivity index (χ2v) is 6.53. The Hall–Kier alpha value is -1.26. The molecular weight excluding hydrogens is 278 g/mol. The first-order valence-corrected chi connectivity index (χ1v) is 8.25. The van der Waals surface area contributed by atoms with Gasteiger partial charge in [-0.05, 0) is 52.9 Å². The third-order valence-corrected chi connectivity index (χ3v) is 4.35. The maximum atomic E-state index is 11.0. The maximum absolute atomic E-state index is 11.0. The number of likely N-dealkylation sites (N-methyl/N-ethyl adjacent to an activating group) is 1. The molecule has 1 heterocycles. The molecular formula is C18H29NO3. The Morgan fingerprint density at radius 3 is 2.68 bits per heavy atom. The average molecular weight is 307 g/mol. The van der Waals surface area contributed by atoms with E-state index in [1.165, 1.54) is 0 Å². The molecule has 1 aliphatic rings. The lowest BCUT2D eigenvalue weighted by molar-refractivity contribution is -0.0759. The van der Waals surface area contributed by atoms with E-state index in [-0.39, 0.29) is 6.04 Å². The first-order chi connectivity index (χ1) is 10.4. The second-order valence-electron chi connectivity index (χ2n) is 6.53. The number of nitrogens with zero attached hydrogens (tertiary/aromatic N) is 1. The van der Waals surface area contributed by atoms with Crippen molar-refractivity contribution in [1.82, 2.24) is 4.90 Å². The molecule has 2 unspecified atom stereocenters. The van der Waals surface area contributed by atoms with E-state index in [9.17, 15) is 5.11 Å². The molecule has 1 N–H and O–H groups in total. The number of fused-ring (bicyclic) bond motifs is 1. The average Bonchev–Trinajstić information content (AvgIpc) is 2.44. The van der Waals surface area contributed by atoms with Crippen LogP contribution in [0.4, 0.5) is 0 Å². The molecule has 1 aromatic carbocycles. The molecule has 0 radical (unpaired) electrons. The number of rotatable bonds is 6. The van der Waals surface area contributed by atoms with E-state index in [1.807, 2.05) is 39.0 Å². The smallest absolute Gasteiger partial charge is 0.129 e. The van der Waals surface area contributed by atoms with Crippen LogP contribution in [0.3, 0.4) is 0 Å². The van der Waals surface area contributed by atoms with Gasteiger partial charge < -0.3 is 14.6 Å². The van der Waals surface area contributed by atoms with Gasteiger partial charge in [0, 0.05) is 0 Å². The standard InChI is InChI=1S/C18H29NO3/c1-6-8-12-19(5)17-16(20)15-13(21-7-2)10-9-11-14(15)22-18(17,3)4/h9-11,16-17,20H,6-8,12H2,1-5H3. The number of aliphatic hydroxyl groups is 1. The van der Waals surface area contributed by atoms with Crippen LogP contribution in [0.5, 0.6) is 11.5 Å². The Morgan fingerprint density at radius 1 is 1.32 bits per heavy atom. The monoisotopic (exact) mass is 307 g/mol. The summed E-state index contributed by atoms with van der Waals surface area (Å²) in [6, 6.07) is 5.61. The molecule has 0 spiro atoms. The largest absolute Gasteiger partial charge is 0.493 e. The van der Waals surface area contributed by atoms with E-state index in [0.717, 1.165) is 36.4 Å². The fourth-order valence-electron chi connectivity index (χ4n) is 3.39. The highest BCUT2D eigenvalue weighted by molar-refractivity contribution is 5.49. The lowest BCUT2D eigenvalue weighted by atomic mass is 9.84. The van der Waals surface area contributed by atoms with Gasteiger partial charge in [-0.3, -0.25) is 4.90 Å². The third-order valence-electron chi connectivity index (χ3n) is 4.35. The number of hydrogen-bond donors (Lipinski definition) is 1. The summed E-state index contributed by atoms with van der Waals surface area (Å²) in [4.78, 5) is 2.21. The maximum Gasteiger partial charge on any atom is 0.129 e. The minimum Gasteiger partial charge on any atom is -0.493 e. The fourth-order valence-corrected chi connectivity index (χ4v) is 3.39. The van der Waals surface area contributed by atoms with Crippen molar-refractivity contribution in [3.63, 3.8) is 0 Å². The fraction of sp³-hybridized carbons (Fsp3) is 0.667. The summed E-state index contributed by atoms with van der Waals surface area (Å²) in [7, 11) is 2.06. The van der Waals surface area contributed by atoms with Crippen molar-refractivity contribution in [2.75, 3.05) is 20.2 Å². The zero-order chi connectivity index (χ0) is 16.3. The molecule has 0 saturated carbocycles. The topological polar surface area (TPSA) is 41.9 Å². The van der Waals surface area contributed by atoms with Gasteiger partial charge in [0.2, 0.25) is 0 Å². The number of benzene rings is 1. The zero-order valence-corrected chi connectivity index (χ0v) is 14.4. The Balaban J connectivity index is 2.38. The van der Waals surface area contributed by atoms with Gasteiger partial charge in [0.1, 0.15) is 23.2 Å². The summed E-state index contributed by atoms with van der Waals surface area (Å²) in [6.45, 7) is 9.72. The van der Waals surface area contributed by atoms with E-state index < -0.39 is 11.7 Å². The molecule has 2 atom stereocenters. The predicted octanol–water partition coefficient (Wildman–Crippen LogP) is 3.39. The first kappa shape index (κ1) is 17.1. The first-order valence-electron chi connectivity index (χ1n) is 8.25. The normalized spacial score (nSPS) is 23.0. The van der Waals surface area contributed by atoms with Crippen LogP contribution in [0.2, 0.25) is 0 Å². The number of aliphatic hydroxyl groups excluding tert-OH is 1. The summed E-state index contributed by atoms with van der Waals surface area (Å²) in [5.41, 5.74) is 0.316. The van der Waals surface area contributed by atoms with Crippen LogP contribution in [-0.4, -0.2) is 41.8 Å². The van der Waals surface area contributed by atoms with Gasteiger partial charge in [-0.25, -0.2) is 0 Å². The van der Waals surface area contributed by atoms with Crippen molar-refractivity contribution < 1.29 is 14.6 Å². The van der Waals surface area contributed by atoms with Crippen LogP contribution in [-0.2, 0) is 0 Å². The summed E-state index contributed by atoms with van der Waals surface area (Å²) in [6.07, 6.45) is 1.62. The molecule has 0 fully saturated rings. The second kappa shape index (κ2) is 6.88. The molecule has 1 aromatic rings. The van der Waals surface area contributed by atoms with E-state index in [2.05, 4.69) is 18.9 Å². The van der Waals surface area contributed by atoms with Crippen LogP contribution >= 0.6 is 0 Å². The van der Waals surface area contributed by atoms with Gasteiger partial charge in [0.25, 0.3) is 0 Å². The Kier molecular flexibility index (Phi) is 5.35. The van der Waals surface area contributed by atoms with E-state index in [0.29, 0.717) is 6.61 Å². The van der Waals surface area contributed by atoms with Crippen molar-refractivity contribution >= 4 is 0 Å². The molecule has 4 heteroatoms. The van der Waals surface area contributed by atoms with Crippen LogP contribution in [0, 0.1) is 0 Å². The molecule has 124 valence electrons. The van der Waals surface area contributed by atoms with Crippen molar-refractivity contribution in [3.8, 4) is 11.5 Å². The number of hydrogen-bond acceptors (Lipinski definition) is 4. The highest BCUT2D eigenvalue weighted by Crippen LogP contribution is 2.45. The lowest BCUT2D eigenvalue weighted by Crippen LogP contribution is -2.57. The number of ether oxygens (including phenoxy) is 2. The Morgan fingerprint density at radius 2 is 2.05 bits per heavy atom. The molecule has 4 nitrogen and oxygen atoms in total. The zero-order valence-electron chi connectivity index (χ0n) is 14.4. The predicted molar refractivity (Wildman–Crippen MR) is 88.6 cm³/mol. The van der Waals surface area contributed by atoms with Gasteiger partial charge in [-0.1, -0.05) is 19.4 Å². The highest BCUT2D eigenvalue weighted by atomic mass is 16.5. The molecule has 0 amide bonds. The SMILES string of the molecule is CCCCN(C)C1C(O)c2c(OCC)cccc2OC1(C)C. The minimum absolute atomic E-state index is 0.104.